The number of aromatic nitrogens is 2. The standard InChI is InChI=1S/C23H24FN5O2/c1-15-22(12-26)28(14-27-15)13-16-2-4-18(5-3-16)23(30)29-21(6-7-31-29)19-8-17(11-25)9-20(24)10-19/h8-10,14,16,18,21H,2-7,13H2,1H3/t16-,18-,21-/m0/s1. The van der Waals surface area contributed by atoms with Gasteiger partial charge >= 0.3 is 0 Å². The first-order valence-electron chi connectivity index (χ1n) is 10.6. The predicted molar refractivity (Wildman–Crippen MR) is 108 cm³/mol. The maximum absolute atomic E-state index is 13.9. The molecule has 2 fully saturated rings. The Kier molecular flexibility index (Phi) is 6.01. The van der Waals surface area contributed by atoms with Crippen LogP contribution in [0.2, 0.25) is 0 Å². The Bertz CT molecular complexity index is 1060. The lowest BCUT2D eigenvalue weighted by atomic mass is 9.81. The van der Waals surface area contributed by atoms with Crippen LogP contribution in [-0.4, -0.2) is 27.1 Å². The lowest BCUT2D eigenvalue weighted by Gasteiger charge is -2.32. The van der Waals surface area contributed by atoms with Gasteiger partial charge in [0, 0.05) is 18.9 Å². The highest BCUT2D eigenvalue weighted by Gasteiger charge is 2.37. The highest BCUT2D eigenvalue weighted by Crippen LogP contribution is 2.37. The lowest BCUT2D eigenvalue weighted by Crippen LogP contribution is -2.37. The van der Waals surface area contributed by atoms with E-state index in [9.17, 15) is 14.4 Å². The summed E-state index contributed by atoms with van der Waals surface area (Å²) in [7, 11) is 0. The van der Waals surface area contributed by atoms with Crippen LogP contribution in [0.3, 0.4) is 0 Å². The summed E-state index contributed by atoms with van der Waals surface area (Å²) in [6, 6.07) is 7.98. The average Bonchev–Trinajstić information content (AvgIpc) is 3.40. The minimum Gasteiger partial charge on any atom is -0.322 e. The van der Waals surface area contributed by atoms with E-state index in [1.165, 1.54) is 17.2 Å². The Balaban J connectivity index is 1.40. The maximum Gasteiger partial charge on any atom is 0.249 e. The molecule has 1 saturated heterocycles. The van der Waals surface area contributed by atoms with E-state index in [-0.39, 0.29) is 23.4 Å². The summed E-state index contributed by atoms with van der Waals surface area (Å²) in [5.74, 6) is -0.303. The molecule has 1 aromatic heterocycles. The third kappa shape index (κ3) is 4.30. The lowest BCUT2D eigenvalue weighted by molar-refractivity contribution is -0.183. The number of benzene rings is 1. The molecule has 0 bridgehead atoms. The molecule has 1 saturated carbocycles. The molecule has 7 nitrogen and oxygen atoms in total. The summed E-state index contributed by atoms with van der Waals surface area (Å²) in [5, 5.41) is 19.8. The summed E-state index contributed by atoms with van der Waals surface area (Å²) < 4.78 is 15.8. The van der Waals surface area contributed by atoms with Crippen molar-refractivity contribution in [3.63, 3.8) is 0 Å². The molecule has 2 aromatic rings. The van der Waals surface area contributed by atoms with Crippen LogP contribution >= 0.6 is 0 Å². The highest BCUT2D eigenvalue weighted by molar-refractivity contribution is 5.78. The Morgan fingerprint density at radius 3 is 2.68 bits per heavy atom. The second kappa shape index (κ2) is 8.87. The van der Waals surface area contributed by atoms with Crippen molar-refractivity contribution >= 4 is 5.91 Å². The molecule has 0 unspecified atom stereocenters. The first-order chi connectivity index (χ1) is 15.0. The zero-order valence-electron chi connectivity index (χ0n) is 17.4. The number of nitrogens with zero attached hydrogens (tertiary/aromatic N) is 5. The summed E-state index contributed by atoms with van der Waals surface area (Å²) in [6.45, 7) is 2.95. The predicted octanol–water partition coefficient (Wildman–Crippen LogP) is 3.79. The molecule has 160 valence electrons. The Hall–Kier alpha value is -3.23. The van der Waals surface area contributed by atoms with Gasteiger partial charge in [0.1, 0.15) is 17.6 Å². The number of carbonyl (C=O) groups excluding carboxylic acids is 1. The molecular formula is C23H24FN5O2. The van der Waals surface area contributed by atoms with E-state index < -0.39 is 5.82 Å². The van der Waals surface area contributed by atoms with Crippen LogP contribution in [0.5, 0.6) is 0 Å². The third-order valence-electron chi connectivity index (χ3n) is 6.33. The zero-order valence-corrected chi connectivity index (χ0v) is 17.4. The molecule has 1 amide bonds. The number of nitriles is 2. The van der Waals surface area contributed by atoms with E-state index in [2.05, 4.69) is 11.1 Å². The largest absolute Gasteiger partial charge is 0.322 e. The number of imidazole rings is 1. The summed E-state index contributed by atoms with van der Waals surface area (Å²) >= 11 is 0. The van der Waals surface area contributed by atoms with Crippen molar-refractivity contribution in [3.05, 3.63) is 52.9 Å². The normalized spacial score (nSPS) is 23.4. The van der Waals surface area contributed by atoms with E-state index in [1.807, 2.05) is 17.6 Å². The Labute approximate surface area is 180 Å². The van der Waals surface area contributed by atoms with Gasteiger partial charge in [-0.3, -0.25) is 9.63 Å². The van der Waals surface area contributed by atoms with Crippen molar-refractivity contribution in [2.45, 2.75) is 51.6 Å². The molecule has 1 atom stereocenters. The van der Waals surface area contributed by atoms with Gasteiger partial charge in [-0.15, -0.1) is 0 Å². The van der Waals surface area contributed by atoms with E-state index in [4.69, 9.17) is 10.1 Å². The van der Waals surface area contributed by atoms with Crippen LogP contribution in [-0.2, 0) is 16.2 Å². The summed E-state index contributed by atoms with van der Waals surface area (Å²) in [6.07, 6.45) is 5.55. The Morgan fingerprint density at radius 2 is 1.97 bits per heavy atom. The quantitative estimate of drug-likeness (QED) is 0.749. The molecule has 0 N–H and O–H groups in total. The Morgan fingerprint density at radius 1 is 1.19 bits per heavy atom. The number of halogens is 1. The number of carbonyl (C=O) groups is 1. The number of hydrogen-bond acceptors (Lipinski definition) is 5. The monoisotopic (exact) mass is 421 g/mol. The van der Waals surface area contributed by atoms with Gasteiger partial charge in [0.05, 0.1) is 36.3 Å². The van der Waals surface area contributed by atoms with Gasteiger partial charge in [-0.25, -0.2) is 14.4 Å². The number of hydroxylamine groups is 2. The van der Waals surface area contributed by atoms with Gasteiger partial charge in [0.25, 0.3) is 0 Å². The first-order valence-corrected chi connectivity index (χ1v) is 10.6. The van der Waals surface area contributed by atoms with Crippen molar-refractivity contribution in [2.75, 3.05) is 6.61 Å². The molecule has 4 rings (SSSR count). The second-order valence-electron chi connectivity index (χ2n) is 8.35. The zero-order chi connectivity index (χ0) is 22.0. The molecule has 8 heteroatoms. The average molecular weight is 421 g/mol. The smallest absolute Gasteiger partial charge is 0.249 e. The van der Waals surface area contributed by atoms with Gasteiger partial charge < -0.3 is 4.57 Å². The number of hydrogen-bond donors (Lipinski definition) is 0. The molecular weight excluding hydrogens is 397 g/mol. The molecule has 31 heavy (non-hydrogen) atoms. The van der Waals surface area contributed by atoms with Crippen molar-refractivity contribution < 1.29 is 14.0 Å². The minimum absolute atomic E-state index is 0.0695. The maximum atomic E-state index is 13.9. The summed E-state index contributed by atoms with van der Waals surface area (Å²) in [4.78, 5) is 23.0. The summed E-state index contributed by atoms with van der Waals surface area (Å²) in [5.41, 5.74) is 2.16. The molecule has 2 heterocycles. The number of aryl methyl sites for hydroxylation is 1. The molecule has 1 aliphatic heterocycles. The SMILES string of the molecule is Cc1ncn(C[C@H]2CC[C@H](C(=O)N3OCC[C@H]3c3cc(F)cc(C#N)c3)CC2)c1C#N. The van der Waals surface area contributed by atoms with Gasteiger partial charge in [0.15, 0.2) is 0 Å². The van der Waals surface area contributed by atoms with Gasteiger partial charge in [-0.2, -0.15) is 10.5 Å². The van der Waals surface area contributed by atoms with E-state index in [0.29, 0.717) is 30.2 Å². The molecule has 1 aliphatic carbocycles. The number of rotatable bonds is 4. The molecule has 0 radical (unpaired) electrons. The molecule has 2 aliphatic rings. The topological polar surface area (TPSA) is 94.9 Å². The van der Waals surface area contributed by atoms with Crippen LogP contribution in [0.1, 0.15) is 60.7 Å². The molecule has 0 spiro atoms. The number of amides is 1. The van der Waals surface area contributed by atoms with Crippen LogP contribution in [0.25, 0.3) is 0 Å². The highest BCUT2D eigenvalue weighted by atomic mass is 19.1. The van der Waals surface area contributed by atoms with Crippen molar-refractivity contribution in [3.8, 4) is 12.1 Å². The van der Waals surface area contributed by atoms with Crippen LogP contribution in [0.4, 0.5) is 4.39 Å². The fraction of sp³-hybridized carbons (Fsp3) is 0.478. The van der Waals surface area contributed by atoms with Crippen LogP contribution in [0.15, 0.2) is 24.5 Å². The first kappa shape index (κ1) is 21.0. The van der Waals surface area contributed by atoms with E-state index in [0.717, 1.165) is 37.9 Å². The third-order valence-corrected chi connectivity index (χ3v) is 6.33. The van der Waals surface area contributed by atoms with Crippen molar-refractivity contribution in [1.82, 2.24) is 14.6 Å². The second-order valence-corrected chi connectivity index (χ2v) is 8.35. The fourth-order valence-electron chi connectivity index (χ4n) is 4.68. The minimum atomic E-state index is -0.486. The van der Waals surface area contributed by atoms with E-state index >= 15 is 0 Å². The van der Waals surface area contributed by atoms with Crippen molar-refractivity contribution in [2.24, 2.45) is 11.8 Å². The van der Waals surface area contributed by atoms with Gasteiger partial charge in [-0.1, -0.05) is 0 Å². The van der Waals surface area contributed by atoms with Gasteiger partial charge in [-0.05, 0) is 62.3 Å². The van der Waals surface area contributed by atoms with Crippen molar-refractivity contribution in [1.29, 1.82) is 10.5 Å². The fourth-order valence-corrected chi connectivity index (χ4v) is 4.68. The van der Waals surface area contributed by atoms with Gasteiger partial charge in [0.2, 0.25) is 5.91 Å². The molecule has 1 aromatic carbocycles. The van der Waals surface area contributed by atoms with Crippen LogP contribution < -0.4 is 0 Å². The van der Waals surface area contributed by atoms with Crippen LogP contribution in [0, 0.1) is 47.2 Å². The van der Waals surface area contributed by atoms with E-state index in [1.54, 1.807) is 12.4 Å².